The third-order valence-electron chi connectivity index (χ3n) is 6.63. The van der Waals surface area contributed by atoms with Gasteiger partial charge in [0.1, 0.15) is 0 Å². The molecule has 0 saturated carbocycles. The molecule has 12 nitrogen and oxygen atoms in total. The number of nitrogens with zero attached hydrogens (tertiary/aromatic N) is 8. The van der Waals surface area contributed by atoms with E-state index in [1.165, 1.54) is 4.88 Å². The second-order valence-electron chi connectivity index (χ2n) is 9.19. The van der Waals surface area contributed by atoms with Gasteiger partial charge in [-0.1, -0.05) is 0 Å². The summed E-state index contributed by atoms with van der Waals surface area (Å²) in [6.45, 7) is 7.93. The van der Waals surface area contributed by atoms with Crippen molar-refractivity contribution in [3.05, 3.63) is 23.3 Å². The van der Waals surface area contributed by atoms with Crippen molar-refractivity contribution in [2.75, 3.05) is 90.4 Å². The molecule has 0 aliphatic carbocycles. The van der Waals surface area contributed by atoms with Gasteiger partial charge in [0, 0.05) is 83.8 Å². The number of hydrogen-bond acceptors (Lipinski definition) is 11. The molecule has 0 radical (unpaired) electrons. The van der Waals surface area contributed by atoms with Crippen LogP contribution >= 0.6 is 11.3 Å². The number of morpholine rings is 1. The lowest BCUT2D eigenvalue weighted by Crippen LogP contribution is -2.52. The zero-order chi connectivity index (χ0) is 25.8. The first-order valence-corrected chi connectivity index (χ1v) is 13.3. The summed E-state index contributed by atoms with van der Waals surface area (Å²) in [5.41, 5.74) is 7.32. The number of anilines is 2. The first-order valence-electron chi connectivity index (χ1n) is 12.4. The Morgan fingerprint density at radius 2 is 1.86 bits per heavy atom. The molecule has 5 heterocycles. The van der Waals surface area contributed by atoms with E-state index < -0.39 is 0 Å². The fourth-order valence-corrected chi connectivity index (χ4v) is 5.65. The second kappa shape index (κ2) is 11.5. The van der Waals surface area contributed by atoms with Crippen LogP contribution in [0.4, 0.5) is 16.6 Å². The molecular weight excluding hydrogens is 494 g/mol. The minimum absolute atomic E-state index is 0.0585. The molecular formula is C24H33N9O3S. The van der Waals surface area contributed by atoms with Crippen LogP contribution in [0.1, 0.15) is 4.88 Å². The van der Waals surface area contributed by atoms with E-state index in [1.54, 1.807) is 35.7 Å². The highest BCUT2D eigenvalue weighted by Gasteiger charge is 2.25. The number of methoxy groups -OCH3 is 1. The van der Waals surface area contributed by atoms with Gasteiger partial charge in [0.25, 0.3) is 0 Å². The van der Waals surface area contributed by atoms with Crippen LogP contribution in [-0.2, 0) is 16.0 Å². The van der Waals surface area contributed by atoms with Crippen LogP contribution in [0.2, 0.25) is 0 Å². The van der Waals surface area contributed by atoms with Crippen LogP contribution in [0.5, 0.6) is 0 Å². The van der Waals surface area contributed by atoms with Crippen molar-refractivity contribution in [2.24, 2.45) is 0 Å². The fourth-order valence-electron chi connectivity index (χ4n) is 4.50. The number of piperazine rings is 1. The average molecular weight is 528 g/mol. The van der Waals surface area contributed by atoms with Gasteiger partial charge in [0.15, 0.2) is 11.6 Å². The van der Waals surface area contributed by atoms with Gasteiger partial charge < -0.3 is 29.9 Å². The molecule has 13 heteroatoms. The van der Waals surface area contributed by atoms with Crippen LogP contribution in [0, 0.1) is 0 Å². The van der Waals surface area contributed by atoms with Crippen molar-refractivity contribution in [3.8, 4) is 11.4 Å². The Morgan fingerprint density at radius 3 is 2.57 bits per heavy atom. The molecule has 0 spiro atoms. The van der Waals surface area contributed by atoms with E-state index in [4.69, 9.17) is 25.2 Å². The van der Waals surface area contributed by atoms with Gasteiger partial charge in [-0.2, -0.15) is 0 Å². The monoisotopic (exact) mass is 527 g/mol. The number of nitrogen functional groups attached to an aromatic ring is 1. The highest BCUT2D eigenvalue weighted by atomic mass is 32.1. The molecule has 3 aromatic heterocycles. The highest BCUT2D eigenvalue weighted by molar-refractivity contribution is 7.19. The SMILES string of the molecule is COCCN(C)C(=O)N1CCN(Cc2cc3nc(-c4cnc(N)nc4)nc(N4CCOCC4)c3s2)CC1. The standard InChI is InChI=1S/C24H33N9O3S/c1-30(7-10-35-2)24(34)33-5-3-31(4-6-33)16-18-13-19-20(37-18)22(32-8-11-36-12-9-32)29-21(28-19)17-14-26-23(25)27-15-17/h13-15H,3-12,16H2,1-2H3,(H2,25,26,27). The van der Waals surface area contributed by atoms with E-state index in [-0.39, 0.29) is 12.0 Å². The smallest absolute Gasteiger partial charge is 0.319 e. The largest absolute Gasteiger partial charge is 0.383 e. The van der Waals surface area contributed by atoms with E-state index in [1.807, 2.05) is 11.9 Å². The summed E-state index contributed by atoms with van der Waals surface area (Å²) >= 11 is 1.74. The topological polar surface area (TPSA) is 126 Å². The van der Waals surface area contributed by atoms with Gasteiger partial charge in [0.05, 0.1) is 35.6 Å². The quantitative estimate of drug-likeness (QED) is 0.482. The average Bonchev–Trinajstić information content (AvgIpc) is 3.34. The molecule has 198 valence electrons. The van der Waals surface area contributed by atoms with Crippen LogP contribution in [0.15, 0.2) is 18.5 Å². The summed E-state index contributed by atoms with van der Waals surface area (Å²) in [5.74, 6) is 1.73. The number of ether oxygens (including phenoxy) is 2. The van der Waals surface area contributed by atoms with Crippen molar-refractivity contribution in [2.45, 2.75) is 6.54 Å². The lowest BCUT2D eigenvalue weighted by atomic mass is 10.2. The predicted molar refractivity (Wildman–Crippen MR) is 143 cm³/mol. The first-order chi connectivity index (χ1) is 18.0. The molecule has 2 aliphatic rings. The number of urea groups is 1. The van der Waals surface area contributed by atoms with Crippen molar-refractivity contribution in [3.63, 3.8) is 0 Å². The number of rotatable bonds is 7. The molecule has 3 aromatic rings. The number of nitrogens with two attached hydrogens (primary N) is 1. The molecule has 0 atom stereocenters. The molecule has 2 aliphatic heterocycles. The van der Waals surface area contributed by atoms with E-state index in [2.05, 4.69) is 25.8 Å². The van der Waals surface area contributed by atoms with Crippen molar-refractivity contribution in [1.29, 1.82) is 0 Å². The molecule has 0 bridgehead atoms. The molecule has 0 unspecified atom stereocenters. The molecule has 2 fully saturated rings. The number of hydrogen-bond donors (Lipinski definition) is 1. The van der Waals surface area contributed by atoms with Gasteiger partial charge >= 0.3 is 6.03 Å². The Labute approximate surface area is 220 Å². The van der Waals surface area contributed by atoms with E-state index in [9.17, 15) is 4.79 Å². The summed E-state index contributed by atoms with van der Waals surface area (Å²) < 4.78 is 11.7. The fraction of sp³-hybridized carbons (Fsp3) is 0.542. The highest BCUT2D eigenvalue weighted by Crippen LogP contribution is 2.35. The summed E-state index contributed by atoms with van der Waals surface area (Å²) in [6, 6.07) is 2.21. The summed E-state index contributed by atoms with van der Waals surface area (Å²) in [4.78, 5) is 40.2. The van der Waals surface area contributed by atoms with E-state index >= 15 is 0 Å². The second-order valence-corrected chi connectivity index (χ2v) is 10.3. The van der Waals surface area contributed by atoms with Gasteiger partial charge in [-0.3, -0.25) is 4.90 Å². The van der Waals surface area contributed by atoms with Gasteiger partial charge in [-0.05, 0) is 6.07 Å². The molecule has 5 rings (SSSR count). The predicted octanol–water partition coefficient (Wildman–Crippen LogP) is 1.38. The van der Waals surface area contributed by atoms with Crippen molar-refractivity contribution >= 4 is 39.4 Å². The Hall–Kier alpha value is -3.13. The van der Waals surface area contributed by atoms with Crippen molar-refractivity contribution in [1.82, 2.24) is 34.6 Å². The van der Waals surface area contributed by atoms with Gasteiger partial charge in [-0.15, -0.1) is 11.3 Å². The minimum atomic E-state index is 0.0585. The summed E-state index contributed by atoms with van der Waals surface area (Å²) in [5, 5.41) is 0. The maximum atomic E-state index is 12.7. The third-order valence-corrected chi connectivity index (χ3v) is 7.73. The molecule has 2 N–H and O–H groups in total. The van der Waals surface area contributed by atoms with Gasteiger partial charge in [0.2, 0.25) is 5.95 Å². The Bertz CT molecular complexity index is 1210. The van der Waals surface area contributed by atoms with Crippen LogP contribution in [-0.4, -0.2) is 120 Å². The third kappa shape index (κ3) is 5.90. The van der Waals surface area contributed by atoms with Crippen molar-refractivity contribution < 1.29 is 14.3 Å². The number of carbonyl (C=O) groups is 1. The lowest BCUT2D eigenvalue weighted by Gasteiger charge is -2.36. The van der Waals surface area contributed by atoms with Crippen LogP contribution < -0.4 is 10.6 Å². The molecule has 37 heavy (non-hydrogen) atoms. The maximum absolute atomic E-state index is 12.7. The summed E-state index contributed by atoms with van der Waals surface area (Å²) in [7, 11) is 3.47. The zero-order valence-corrected chi connectivity index (χ0v) is 22.1. The maximum Gasteiger partial charge on any atom is 0.319 e. The Balaban J connectivity index is 1.33. The number of thiophene rings is 1. The van der Waals surface area contributed by atoms with E-state index in [0.29, 0.717) is 45.3 Å². The van der Waals surface area contributed by atoms with Crippen LogP contribution in [0.25, 0.3) is 21.6 Å². The number of fused-ring (bicyclic) bond motifs is 1. The normalized spacial score (nSPS) is 16.9. The van der Waals surface area contributed by atoms with Crippen LogP contribution in [0.3, 0.4) is 0 Å². The van der Waals surface area contributed by atoms with Gasteiger partial charge in [-0.25, -0.2) is 24.7 Å². The number of aromatic nitrogens is 4. The first kappa shape index (κ1) is 25.5. The number of likely N-dealkylation sites (N-methyl/N-ethyl adjacent to an activating group) is 1. The molecule has 2 amide bonds. The molecule has 0 aromatic carbocycles. The zero-order valence-electron chi connectivity index (χ0n) is 21.3. The van der Waals surface area contributed by atoms with E-state index in [0.717, 1.165) is 54.3 Å². The minimum Gasteiger partial charge on any atom is -0.383 e. The Morgan fingerprint density at radius 1 is 1.14 bits per heavy atom. The lowest BCUT2D eigenvalue weighted by molar-refractivity contribution is 0.105. The number of amides is 2. The number of carbonyl (C=O) groups excluding carboxylic acids is 1. The molecule has 2 saturated heterocycles. The Kier molecular flexibility index (Phi) is 7.93. The summed E-state index contributed by atoms with van der Waals surface area (Å²) in [6.07, 6.45) is 3.32.